The lowest BCUT2D eigenvalue weighted by molar-refractivity contribution is 0.441. The monoisotopic (exact) mass is 275 g/mol. The second kappa shape index (κ2) is 4.96. The van der Waals surface area contributed by atoms with Gasteiger partial charge in [-0.15, -0.1) is 11.8 Å². The maximum atomic E-state index is 13.0. The zero-order chi connectivity index (χ0) is 12.5. The molecule has 0 aliphatic carbocycles. The molecule has 1 saturated heterocycles. The zero-order valence-electron chi connectivity index (χ0n) is 9.47. The van der Waals surface area contributed by atoms with Crippen molar-refractivity contribution in [1.29, 1.82) is 0 Å². The fourth-order valence-electron chi connectivity index (χ4n) is 1.86. The van der Waals surface area contributed by atoms with E-state index in [1.807, 2.05) is 6.92 Å². The van der Waals surface area contributed by atoms with Crippen LogP contribution in [-0.2, 0) is 15.8 Å². The number of sulfonamides is 1. The number of halogens is 1. The Kier molecular flexibility index (Phi) is 3.75. The van der Waals surface area contributed by atoms with Gasteiger partial charge in [0.1, 0.15) is 5.82 Å². The summed E-state index contributed by atoms with van der Waals surface area (Å²) in [5.74, 6) is 0.292. The van der Waals surface area contributed by atoms with Gasteiger partial charge in [-0.1, -0.05) is 12.1 Å². The van der Waals surface area contributed by atoms with E-state index in [1.165, 1.54) is 22.5 Å². The van der Waals surface area contributed by atoms with Crippen LogP contribution < -0.4 is 0 Å². The van der Waals surface area contributed by atoms with Crippen molar-refractivity contribution in [3.8, 4) is 0 Å². The Morgan fingerprint density at radius 3 is 2.88 bits per heavy atom. The molecule has 17 heavy (non-hydrogen) atoms. The molecule has 94 valence electrons. The first-order valence-electron chi connectivity index (χ1n) is 5.34. The number of nitrogens with zero attached hydrogens (tertiary/aromatic N) is 1. The topological polar surface area (TPSA) is 37.4 Å². The first-order chi connectivity index (χ1) is 7.99. The fraction of sp³-hybridized carbons (Fsp3) is 0.455. The molecule has 0 saturated carbocycles. The Morgan fingerprint density at radius 1 is 1.53 bits per heavy atom. The molecule has 1 heterocycles. The molecule has 1 fully saturated rings. The molecule has 0 radical (unpaired) electrons. The van der Waals surface area contributed by atoms with Crippen molar-refractivity contribution >= 4 is 21.8 Å². The van der Waals surface area contributed by atoms with Gasteiger partial charge in [0, 0.05) is 12.3 Å². The summed E-state index contributed by atoms with van der Waals surface area (Å²) >= 11 is 1.62. The SMILES string of the molecule is CC1SCCN1S(=O)(=O)Cc1cccc(F)c1. The van der Waals surface area contributed by atoms with Crippen LogP contribution in [0.4, 0.5) is 4.39 Å². The van der Waals surface area contributed by atoms with Crippen LogP contribution in [0.3, 0.4) is 0 Å². The van der Waals surface area contributed by atoms with Crippen LogP contribution in [0.5, 0.6) is 0 Å². The van der Waals surface area contributed by atoms with Crippen LogP contribution >= 0.6 is 11.8 Å². The highest BCUT2D eigenvalue weighted by atomic mass is 32.2. The standard InChI is InChI=1S/C11H14FNO2S2/c1-9-13(5-6-16-9)17(14,15)8-10-3-2-4-11(12)7-10/h2-4,7,9H,5-6,8H2,1H3. The molecule has 1 atom stereocenters. The fourth-order valence-corrected chi connectivity index (χ4v) is 5.06. The largest absolute Gasteiger partial charge is 0.219 e. The molecule has 1 aromatic carbocycles. The summed E-state index contributed by atoms with van der Waals surface area (Å²) in [7, 11) is -3.33. The molecule has 0 spiro atoms. The van der Waals surface area contributed by atoms with Crippen molar-refractivity contribution in [2.45, 2.75) is 18.1 Å². The van der Waals surface area contributed by atoms with Gasteiger partial charge in [0.25, 0.3) is 0 Å². The van der Waals surface area contributed by atoms with Gasteiger partial charge in [0.05, 0.1) is 11.1 Å². The lowest BCUT2D eigenvalue weighted by Gasteiger charge is -2.19. The molecular weight excluding hydrogens is 261 g/mol. The minimum absolute atomic E-state index is 0.0199. The minimum atomic E-state index is -3.33. The van der Waals surface area contributed by atoms with Gasteiger partial charge in [0.2, 0.25) is 10.0 Å². The molecule has 3 nitrogen and oxygen atoms in total. The summed E-state index contributed by atoms with van der Waals surface area (Å²) in [5.41, 5.74) is 0.495. The van der Waals surface area contributed by atoms with E-state index in [0.717, 1.165) is 5.75 Å². The van der Waals surface area contributed by atoms with E-state index in [0.29, 0.717) is 12.1 Å². The van der Waals surface area contributed by atoms with E-state index in [1.54, 1.807) is 17.8 Å². The normalized spacial score (nSPS) is 21.9. The Morgan fingerprint density at radius 2 is 2.29 bits per heavy atom. The second-order valence-corrected chi connectivity index (χ2v) is 7.31. The summed E-state index contributed by atoms with van der Waals surface area (Å²) in [4.78, 5) is 0. The second-order valence-electron chi connectivity index (χ2n) is 3.97. The van der Waals surface area contributed by atoms with Gasteiger partial charge >= 0.3 is 0 Å². The van der Waals surface area contributed by atoms with Gasteiger partial charge in [-0.25, -0.2) is 12.8 Å². The highest BCUT2D eigenvalue weighted by molar-refractivity contribution is 8.01. The van der Waals surface area contributed by atoms with E-state index in [2.05, 4.69) is 0 Å². The number of benzene rings is 1. The Balaban J connectivity index is 2.17. The van der Waals surface area contributed by atoms with E-state index < -0.39 is 15.8 Å². The van der Waals surface area contributed by atoms with Crippen molar-refractivity contribution in [1.82, 2.24) is 4.31 Å². The average Bonchev–Trinajstić information content (AvgIpc) is 2.64. The van der Waals surface area contributed by atoms with E-state index in [-0.39, 0.29) is 11.1 Å². The molecular formula is C11H14FNO2S2. The molecule has 1 unspecified atom stereocenters. The number of hydrogen-bond donors (Lipinski definition) is 0. The predicted octanol–water partition coefficient (Wildman–Crippen LogP) is 2.05. The first kappa shape index (κ1) is 12.9. The zero-order valence-corrected chi connectivity index (χ0v) is 11.1. The van der Waals surface area contributed by atoms with Crippen LogP contribution in [0.2, 0.25) is 0 Å². The van der Waals surface area contributed by atoms with Crippen LogP contribution in [0, 0.1) is 5.82 Å². The first-order valence-corrected chi connectivity index (χ1v) is 8.00. The number of thioether (sulfide) groups is 1. The van der Waals surface area contributed by atoms with Crippen molar-refractivity contribution in [3.05, 3.63) is 35.6 Å². The molecule has 0 N–H and O–H groups in total. The Bertz CT molecular complexity index is 504. The third kappa shape index (κ3) is 3.00. The molecule has 1 aliphatic rings. The highest BCUT2D eigenvalue weighted by Gasteiger charge is 2.31. The summed E-state index contributed by atoms with van der Waals surface area (Å²) in [5, 5.41) is -0.0199. The smallest absolute Gasteiger partial charge is 0.212 e. The number of hydrogen-bond acceptors (Lipinski definition) is 3. The van der Waals surface area contributed by atoms with E-state index >= 15 is 0 Å². The minimum Gasteiger partial charge on any atom is -0.212 e. The summed E-state index contributed by atoms with van der Waals surface area (Å²) in [6.45, 7) is 2.42. The Labute approximate surface area is 105 Å². The van der Waals surface area contributed by atoms with Crippen LogP contribution in [0.1, 0.15) is 12.5 Å². The number of rotatable bonds is 3. The van der Waals surface area contributed by atoms with Crippen molar-refractivity contribution in [3.63, 3.8) is 0 Å². The van der Waals surface area contributed by atoms with Crippen molar-refractivity contribution < 1.29 is 12.8 Å². The predicted molar refractivity (Wildman–Crippen MR) is 67.6 cm³/mol. The molecule has 1 aliphatic heterocycles. The van der Waals surface area contributed by atoms with Gasteiger partial charge in [0.15, 0.2) is 0 Å². The van der Waals surface area contributed by atoms with Crippen LogP contribution in [0.25, 0.3) is 0 Å². The van der Waals surface area contributed by atoms with Gasteiger partial charge < -0.3 is 0 Å². The third-order valence-electron chi connectivity index (χ3n) is 2.67. The Hall–Kier alpha value is -0.590. The molecule has 0 bridgehead atoms. The van der Waals surface area contributed by atoms with Gasteiger partial charge in [-0.2, -0.15) is 4.31 Å². The van der Waals surface area contributed by atoms with Crippen molar-refractivity contribution in [2.24, 2.45) is 0 Å². The summed E-state index contributed by atoms with van der Waals surface area (Å²) in [6, 6.07) is 5.74. The molecule has 1 aromatic rings. The highest BCUT2D eigenvalue weighted by Crippen LogP contribution is 2.27. The molecule has 0 amide bonds. The molecule has 6 heteroatoms. The quantitative estimate of drug-likeness (QED) is 0.847. The third-order valence-corrected chi connectivity index (χ3v) is 5.87. The lowest BCUT2D eigenvalue weighted by atomic mass is 10.2. The van der Waals surface area contributed by atoms with E-state index in [4.69, 9.17) is 0 Å². The van der Waals surface area contributed by atoms with E-state index in [9.17, 15) is 12.8 Å². The maximum absolute atomic E-state index is 13.0. The molecule has 0 aromatic heterocycles. The van der Waals surface area contributed by atoms with Gasteiger partial charge in [-0.05, 0) is 24.6 Å². The maximum Gasteiger partial charge on any atom is 0.219 e. The van der Waals surface area contributed by atoms with Crippen LogP contribution in [0.15, 0.2) is 24.3 Å². The van der Waals surface area contributed by atoms with Crippen molar-refractivity contribution in [2.75, 3.05) is 12.3 Å². The molecule has 2 rings (SSSR count). The van der Waals surface area contributed by atoms with Crippen LogP contribution in [-0.4, -0.2) is 30.4 Å². The average molecular weight is 275 g/mol. The lowest BCUT2D eigenvalue weighted by Crippen LogP contribution is -2.34. The summed E-state index contributed by atoms with van der Waals surface area (Å²) < 4.78 is 38.7. The summed E-state index contributed by atoms with van der Waals surface area (Å²) in [6.07, 6.45) is 0. The van der Waals surface area contributed by atoms with Gasteiger partial charge in [-0.3, -0.25) is 0 Å².